The van der Waals surface area contributed by atoms with Crippen molar-refractivity contribution < 1.29 is 19.0 Å². The van der Waals surface area contributed by atoms with E-state index in [0.29, 0.717) is 6.61 Å². The van der Waals surface area contributed by atoms with Crippen molar-refractivity contribution in [3.63, 3.8) is 0 Å². The van der Waals surface area contributed by atoms with Gasteiger partial charge in [0.1, 0.15) is 12.4 Å². The topological polar surface area (TPSA) is 60.0 Å². The first kappa shape index (κ1) is 18.2. The molecule has 0 radical (unpaired) electrons. The fraction of sp³-hybridized carbons (Fsp3) is 0.632. The average Bonchev–Trinajstić information content (AvgIpc) is 2.57. The van der Waals surface area contributed by atoms with Gasteiger partial charge in [-0.05, 0) is 43.5 Å². The molecule has 1 heterocycles. The van der Waals surface area contributed by atoms with Gasteiger partial charge in [-0.15, -0.1) is 0 Å². The van der Waals surface area contributed by atoms with Crippen LogP contribution < -0.4 is 10.1 Å². The molecule has 1 aliphatic heterocycles. The molecular formula is C19H28N2O4. The summed E-state index contributed by atoms with van der Waals surface area (Å²) in [5.74, 6) is 1.01. The first-order valence-electron chi connectivity index (χ1n) is 9.03. The fourth-order valence-corrected chi connectivity index (χ4v) is 3.22. The lowest BCUT2D eigenvalue weighted by Gasteiger charge is -2.32. The van der Waals surface area contributed by atoms with Crippen LogP contribution in [0.1, 0.15) is 18.4 Å². The van der Waals surface area contributed by atoms with E-state index in [-0.39, 0.29) is 17.9 Å². The molecule has 1 aromatic carbocycles. The molecule has 1 aromatic rings. The molecule has 0 bridgehead atoms. The summed E-state index contributed by atoms with van der Waals surface area (Å²) in [4.78, 5) is 14.5. The third kappa shape index (κ3) is 4.93. The average molecular weight is 348 g/mol. The zero-order chi connectivity index (χ0) is 17.6. The van der Waals surface area contributed by atoms with Crippen LogP contribution in [0.15, 0.2) is 18.2 Å². The molecule has 25 heavy (non-hydrogen) atoms. The Morgan fingerprint density at radius 3 is 2.76 bits per heavy atom. The van der Waals surface area contributed by atoms with E-state index >= 15 is 0 Å². The normalized spacial score (nSPS) is 23.8. The Bertz CT molecular complexity index is 581. The Morgan fingerprint density at radius 1 is 1.32 bits per heavy atom. The summed E-state index contributed by atoms with van der Waals surface area (Å²) in [6.45, 7) is 7.12. The second-order valence-corrected chi connectivity index (χ2v) is 6.80. The lowest BCUT2D eigenvalue weighted by Crippen LogP contribution is -2.38. The van der Waals surface area contributed by atoms with Gasteiger partial charge >= 0.3 is 0 Å². The first-order chi connectivity index (χ1) is 12.2. The third-order valence-corrected chi connectivity index (χ3v) is 5.01. The number of amides is 1. The number of rotatable bonds is 7. The number of methoxy groups -OCH3 is 1. The number of hydrogen-bond donors (Lipinski definition) is 1. The molecule has 2 aliphatic rings. The van der Waals surface area contributed by atoms with Crippen molar-refractivity contribution >= 4 is 11.6 Å². The van der Waals surface area contributed by atoms with Crippen LogP contribution in [0.4, 0.5) is 5.69 Å². The molecule has 1 aliphatic carbocycles. The van der Waals surface area contributed by atoms with Gasteiger partial charge in [-0.25, -0.2) is 0 Å². The molecule has 2 fully saturated rings. The van der Waals surface area contributed by atoms with Crippen molar-refractivity contribution in [1.29, 1.82) is 0 Å². The minimum Gasteiger partial charge on any atom is -0.492 e. The predicted octanol–water partition coefficient (Wildman–Crippen LogP) is 2.07. The summed E-state index contributed by atoms with van der Waals surface area (Å²) >= 11 is 0. The largest absolute Gasteiger partial charge is 0.492 e. The first-order valence-corrected chi connectivity index (χ1v) is 9.03. The highest BCUT2D eigenvalue weighted by Crippen LogP contribution is 2.31. The highest BCUT2D eigenvalue weighted by Gasteiger charge is 2.34. The van der Waals surface area contributed by atoms with Crippen molar-refractivity contribution in [2.45, 2.75) is 25.9 Å². The molecule has 0 atom stereocenters. The number of anilines is 1. The summed E-state index contributed by atoms with van der Waals surface area (Å²) in [7, 11) is 1.69. The Hall–Kier alpha value is -1.63. The minimum atomic E-state index is 0.0645. The molecule has 1 saturated heterocycles. The van der Waals surface area contributed by atoms with Crippen molar-refractivity contribution in [2.75, 3.05) is 51.9 Å². The van der Waals surface area contributed by atoms with Gasteiger partial charge in [-0.3, -0.25) is 9.69 Å². The number of carbonyl (C=O) groups excluding carboxylic acids is 1. The van der Waals surface area contributed by atoms with Crippen molar-refractivity contribution in [3.8, 4) is 5.75 Å². The second kappa shape index (κ2) is 8.65. The number of ether oxygens (including phenoxy) is 3. The summed E-state index contributed by atoms with van der Waals surface area (Å²) in [5, 5.41) is 2.99. The van der Waals surface area contributed by atoms with E-state index < -0.39 is 0 Å². The van der Waals surface area contributed by atoms with Crippen molar-refractivity contribution in [1.82, 2.24) is 4.90 Å². The molecule has 138 valence electrons. The van der Waals surface area contributed by atoms with Gasteiger partial charge in [0.05, 0.1) is 19.3 Å². The number of benzene rings is 1. The van der Waals surface area contributed by atoms with Gasteiger partial charge in [-0.1, -0.05) is 0 Å². The van der Waals surface area contributed by atoms with Gasteiger partial charge < -0.3 is 19.5 Å². The van der Waals surface area contributed by atoms with Crippen LogP contribution in [0.25, 0.3) is 0 Å². The van der Waals surface area contributed by atoms with Gasteiger partial charge in [0.15, 0.2) is 0 Å². The smallest absolute Gasteiger partial charge is 0.227 e. The van der Waals surface area contributed by atoms with Crippen molar-refractivity contribution in [3.05, 3.63) is 23.8 Å². The number of hydrogen-bond acceptors (Lipinski definition) is 5. The zero-order valence-electron chi connectivity index (χ0n) is 15.1. The van der Waals surface area contributed by atoms with Crippen LogP contribution in [-0.4, -0.2) is 63.5 Å². The maximum atomic E-state index is 12.2. The predicted molar refractivity (Wildman–Crippen MR) is 96.1 cm³/mol. The van der Waals surface area contributed by atoms with Crippen LogP contribution in [-0.2, 0) is 14.3 Å². The molecule has 1 saturated carbocycles. The van der Waals surface area contributed by atoms with E-state index in [1.165, 1.54) is 0 Å². The molecule has 6 heteroatoms. The number of nitrogens with zero attached hydrogens (tertiary/aromatic N) is 1. The van der Waals surface area contributed by atoms with E-state index in [9.17, 15) is 4.79 Å². The molecule has 1 amide bonds. The van der Waals surface area contributed by atoms with Crippen LogP contribution in [0.5, 0.6) is 5.75 Å². The Morgan fingerprint density at radius 2 is 2.08 bits per heavy atom. The minimum absolute atomic E-state index is 0.0645. The van der Waals surface area contributed by atoms with E-state index in [2.05, 4.69) is 10.2 Å². The number of carbonyl (C=O) groups is 1. The van der Waals surface area contributed by atoms with E-state index in [4.69, 9.17) is 14.2 Å². The molecule has 6 nitrogen and oxygen atoms in total. The SMILES string of the molecule is COC1CC(C(=O)Nc2ccc(OCCN3CCOCC3)c(C)c2)C1. The highest BCUT2D eigenvalue weighted by atomic mass is 16.5. The van der Waals surface area contributed by atoms with Crippen LogP contribution in [0, 0.1) is 12.8 Å². The van der Waals surface area contributed by atoms with E-state index in [0.717, 1.165) is 62.7 Å². The van der Waals surface area contributed by atoms with Crippen molar-refractivity contribution in [2.24, 2.45) is 5.92 Å². The molecule has 0 spiro atoms. The Kier molecular flexibility index (Phi) is 6.29. The van der Waals surface area contributed by atoms with Crippen LogP contribution in [0.3, 0.4) is 0 Å². The molecular weight excluding hydrogens is 320 g/mol. The summed E-state index contributed by atoms with van der Waals surface area (Å²) < 4.78 is 16.5. The number of aryl methyl sites for hydroxylation is 1. The molecule has 0 unspecified atom stereocenters. The Balaban J connectivity index is 1.44. The molecule has 1 N–H and O–H groups in total. The summed E-state index contributed by atoms with van der Waals surface area (Å²) in [6, 6.07) is 5.80. The quantitative estimate of drug-likeness (QED) is 0.817. The van der Waals surface area contributed by atoms with Crippen LogP contribution >= 0.6 is 0 Å². The van der Waals surface area contributed by atoms with Gasteiger partial charge in [0, 0.05) is 38.3 Å². The second-order valence-electron chi connectivity index (χ2n) is 6.80. The third-order valence-electron chi connectivity index (χ3n) is 5.01. The molecule has 0 aromatic heterocycles. The van der Waals surface area contributed by atoms with E-state index in [1.807, 2.05) is 25.1 Å². The lowest BCUT2D eigenvalue weighted by molar-refractivity contribution is -0.127. The monoisotopic (exact) mass is 348 g/mol. The maximum absolute atomic E-state index is 12.2. The van der Waals surface area contributed by atoms with E-state index in [1.54, 1.807) is 7.11 Å². The highest BCUT2D eigenvalue weighted by molar-refractivity contribution is 5.93. The molecule has 3 rings (SSSR count). The fourth-order valence-electron chi connectivity index (χ4n) is 3.22. The number of morpholine rings is 1. The lowest BCUT2D eigenvalue weighted by atomic mass is 9.81. The number of nitrogens with one attached hydrogen (secondary N) is 1. The summed E-state index contributed by atoms with van der Waals surface area (Å²) in [5.41, 5.74) is 1.85. The Labute approximate surface area is 149 Å². The zero-order valence-corrected chi connectivity index (χ0v) is 15.1. The van der Waals surface area contributed by atoms with Gasteiger partial charge in [-0.2, -0.15) is 0 Å². The standard InChI is InChI=1S/C19H28N2O4/c1-14-11-16(20-19(22)15-12-17(13-15)23-2)3-4-18(14)25-10-7-21-5-8-24-9-6-21/h3-4,11,15,17H,5-10,12-13H2,1-2H3,(H,20,22). The van der Waals surface area contributed by atoms with Gasteiger partial charge in [0.2, 0.25) is 5.91 Å². The van der Waals surface area contributed by atoms with Crippen LogP contribution in [0.2, 0.25) is 0 Å². The summed E-state index contributed by atoms with van der Waals surface area (Å²) in [6.07, 6.45) is 1.86. The maximum Gasteiger partial charge on any atom is 0.227 e. The van der Waals surface area contributed by atoms with Gasteiger partial charge in [0.25, 0.3) is 0 Å².